The van der Waals surface area contributed by atoms with Crippen LogP contribution in [-0.4, -0.2) is 40.6 Å². The molecule has 1 atom stereocenters. The van der Waals surface area contributed by atoms with Gasteiger partial charge in [0.1, 0.15) is 5.82 Å². The van der Waals surface area contributed by atoms with Gasteiger partial charge in [-0.05, 0) is 38.6 Å². The molecule has 1 aliphatic rings. The van der Waals surface area contributed by atoms with E-state index in [0.717, 1.165) is 24.4 Å². The number of aromatic nitrogens is 2. The van der Waals surface area contributed by atoms with Crippen molar-refractivity contribution in [1.29, 1.82) is 0 Å². The van der Waals surface area contributed by atoms with Gasteiger partial charge < -0.3 is 14.8 Å². The lowest BCUT2D eigenvalue weighted by Crippen LogP contribution is -2.43. The topological polar surface area (TPSA) is 33.1 Å². The van der Waals surface area contributed by atoms with Crippen LogP contribution in [0.5, 0.6) is 0 Å². The quantitative estimate of drug-likeness (QED) is 0.926. The van der Waals surface area contributed by atoms with Gasteiger partial charge in [0.25, 0.3) is 0 Å². The molecular weight excluding hydrogens is 248 g/mol. The molecule has 1 aromatic carbocycles. The van der Waals surface area contributed by atoms with Gasteiger partial charge >= 0.3 is 0 Å². The van der Waals surface area contributed by atoms with E-state index < -0.39 is 0 Å². The Hall–Kier alpha value is -1.39. The first-order chi connectivity index (χ1) is 9.75. The SMILES string of the molecule is CN1CCCCC1CNCc1nc2ccccc2n1C. The minimum absolute atomic E-state index is 0.679. The predicted octanol–water partition coefficient (Wildman–Crippen LogP) is 2.15. The molecule has 1 aromatic heterocycles. The van der Waals surface area contributed by atoms with E-state index in [1.807, 2.05) is 6.07 Å². The van der Waals surface area contributed by atoms with Gasteiger partial charge in [0.05, 0.1) is 17.6 Å². The summed E-state index contributed by atoms with van der Waals surface area (Å²) in [7, 11) is 4.33. The van der Waals surface area contributed by atoms with Crippen molar-refractivity contribution in [2.45, 2.75) is 31.8 Å². The maximum absolute atomic E-state index is 4.70. The largest absolute Gasteiger partial charge is 0.330 e. The van der Waals surface area contributed by atoms with Crippen molar-refractivity contribution >= 4 is 11.0 Å². The van der Waals surface area contributed by atoms with Gasteiger partial charge in [0.15, 0.2) is 0 Å². The fourth-order valence-electron chi connectivity index (χ4n) is 3.11. The zero-order valence-corrected chi connectivity index (χ0v) is 12.5. The van der Waals surface area contributed by atoms with E-state index in [1.54, 1.807) is 0 Å². The van der Waals surface area contributed by atoms with Crippen LogP contribution >= 0.6 is 0 Å². The van der Waals surface area contributed by atoms with E-state index in [0.29, 0.717) is 6.04 Å². The summed E-state index contributed by atoms with van der Waals surface area (Å²) in [6, 6.07) is 8.99. The van der Waals surface area contributed by atoms with Gasteiger partial charge in [0, 0.05) is 19.6 Å². The molecule has 4 nitrogen and oxygen atoms in total. The minimum Gasteiger partial charge on any atom is -0.330 e. The standard InChI is InChI=1S/C16H24N4/c1-19-10-6-5-7-13(19)11-17-12-16-18-14-8-3-4-9-15(14)20(16)2/h3-4,8-9,13,17H,5-7,10-12H2,1-2H3. The first-order valence-electron chi connectivity index (χ1n) is 7.57. The second-order valence-corrected chi connectivity index (χ2v) is 5.84. The molecule has 0 saturated carbocycles. The van der Waals surface area contributed by atoms with Crippen molar-refractivity contribution in [3.05, 3.63) is 30.1 Å². The van der Waals surface area contributed by atoms with Crippen molar-refractivity contribution in [2.75, 3.05) is 20.1 Å². The molecule has 1 unspecified atom stereocenters. The molecule has 1 saturated heterocycles. The Kier molecular flexibility index (Phi) is 4.03. The molecule has 1 N–H and O–H groups in total. The Morgan fingerprint density at radius 2 is 2.10 bits per heavy atom. The Morgan fingerprint density at radius 1 is 1.25 bits per heavy atom. The van der Waals surface area contributed by atoms with Gasteiger partial charge in [0.2, 0.25) is 0 Å². The molecule has 0 amide bonds. The third-order valence-electron chi connectivity index (χ3n) is 4.46. The van der Waals surface area contributed by atoms with Crippen LogP contribution in [0.25, 0.3) is 11.0 Å². The number of likely N-dealkylation sites (tertiary alicyclic amines) is 1. The van der Waals surface area contributed by atoms with Crippen molar-refractivity contribution < 1.29 is 0 Å². The average Bonchev–Trinajstić information content (AvgIpc) is 2.78. The van der Waals surface area contributed by atoms with Gasteiger partial charge in [-0.25, -0.2) is 4.98 Å². The number of piperidine rings is 1. The van der Waals surface area contributed by atoms with Crippen LogP contribution in [0.15, 0.2) is 24.3 Å². The Bertz CT molecular complexity index is 575. The molecule has 4 heteroatoms. The highest BCUT2D eigenvalue weighted by Crippen LogP contribution is 2.15. The summed E-state index contributed by atoms with van der Waals surface area (Å²) >= 11 is 0. The number of hydrogen-bond acceptors (Lipinski definition) is 3. The molecule has 0 bridgehead atoms. The number of aryl methyl sites for hydroxylation is 1. The number of fused-ring (bicyclic) bond motifs is 1. The summed E-state index contributed by atoms with van der Waals surface area (Å²) in [6.07, 6.45) is 4.02. The number of imidazole rings is 1. The van der Waals surface area contributed by atoms with E-state index in [1.165, 1.54) is 31.3 Å². The number of nitrogens with one attached hydrogen (secondary N) is 1. The average molecular weight is 272 g/mol. The minimum atomic E-state index is 0.679. The Morgan fingerprint density at radius 3 is 2.90 bits per heavy atom. The summed E-state index contributed by atoms with van der Waals surface area (Å²) < 4.78 is 2.19. The second-order valence-electron chi connectivity index (χ2n) is 5.84. The first kappa shape index (κ1) is 13.6. The van der Waals surface area contributed by atoms with Crippen LogP contribution in [0.4, 0.5) is 0 Å². The monoisotopic (exact) mass is 272 g/mol. The zero-order chi connectivity index (χ0) is 13.9. The molecule has 1 aliphatic heterocycles. The highest BCUT2D eigenvalue weighted by atomic mass is 15.2. The lowest BCUT2D eigenvalue weighted by Gasteiger charge is -2.32. The summed E-state index contributed by atoms with van der Waals surface area (Å²) in [6.45, 7) is 3.13. The third kappa shape index (κ3) is 2.72. The van der Waals surface area contributed by atoms with Crippen LogP contribution < -0.4 is 5.32 Å². The molecule has 1 fully saturated rings. The zero-order valence-electron chi connectivity index (χ0n) is 12.5. The van der Waals surface area contributed by atoms with Gasteiger partial charge in [-0.2, -0.15) is 0 Å². The lowest BCUT2D eigenvalue weighted by atomic mass is 10.0. The summed E-state index contributed by atoms with van der Waals surface area (Å²) in [5.74, 6) is 1.12. The van der Waals surface area contributed by atoms with Gasteiger partial charge in [-0.15, -0.1) is 0 Å². The van der Waals surface area contributed by atoms with E-state index in [4.69, 9.17) is 4.98 Å². The van der Waals surface area contributed by atoms with Crippen molar-refractivity contribution in [3.63, 3.8) is 0 Å². The van der Waals surface area contributed by atoms with Crippen LogP contribution in [0.2, 0.25) is 0 Å². The molecule has 108 valence electrons. The van der Waals surface area contributed by atoms with E-state index in [2.05, 4.69) is 47.1 Å². The highest BCUT2D eigenvalue weighted by Gasteiger charge is 2.18. The van der Waals surface area contributed by atoms with Crippen LogP contribution in [0, 0.1) is 0 Å². The molecule has 0 radical (unpaired) electrons. The van der Waals surface area contributed by atoms with Crippen molar-refractivity contribution in [1.82, 2.24) is 19.8 Å². The van der Waals surface area contributed by atoms with Crippen molar-refractivity contribution in [2.24, 2.45) is 7.05 Å². The Labute approximate surface area is 120 Å². The van der Waals surface area contributed by atoms with Gasteiger partial charge in [-0.3, -0.25) is 0 Å². The third-order valence-corrected chi connectivity index (χ3v) is 4.46. The molecule has 2 heterocycles. The maximum atomic E-state index is 4.70. The van der Waals surface area contributed by atoms with Crippen molar-refractivity contribution in [3.8, 4) is 0 Å². The van der Waals surface area contributed by atoms with Gasteiger partial charge in [-0.1, -0.05) is 18.6 Å². The molecule has 3 rings (SSSR count). The fraction of sp³-hybridized carbons (Fsp3) is 0.562. The molecule has 20 heavy (non-hydrogen) atoms. The van der Waals surface area contributed by atoms with E-state index in [-0.39, 0.29) is 0 Å². The van der Waals surface area contributed by atoms with Crippen LogP contribution in [-0.2, 0) is 13.6 Å². The number of rotatable bonds is 4. The van der Waals surface area contributed by atoms with E-state index in [9.17, 15) is 0 Å². The number of benzene rings is 1. The molecule has 2 aromatic rings. The smallest absolute Gasteiger partial charge is 0.123 e. The summed E-state index contributed by atoms with van der Waals surface area (Å²) in [5.41, 5.74) is 2.29. The van der Waals surface area contributed by atoms with Crippen LogP contribution in [0.3, 0.4) is 0 Å². The fourth-order valence-corrected chi connectivity index (χ4v) is 3.11. The van der Waals surface area contributed by atoms with Crippen LogP contribution in [0.1, 0.15) is 25.1 Å². The lowest BCUT2D eigenvalue weighted by molar-refractivity contribution is 0.181. The van der Waals surface area contributed by atoms with E-state index >= 15 is 0 Å². The summed E-state index contributed by atoms with van der Waals surface area (Å²) in [5, 5.41) is 3.58. The number of hydrogen-bond donors (Lipinski definition) is 1. The summed E-state index contributed by atoms with van der Waals surface area (Å²) in [4.78, 5) is 7.18. The number of para-hydroxylation sites is 2. The maximum Gasteiger partial charge on any atom is 0.123 e. The second kappa shape index (κ2) is 5.94. The number of nitrogens with zero attached hydrogens (tertiary/aromatic N) is 3. The first-order valence-corrected chi connectivity index (χ1v) is 7.57. The Balaban J connectivity index is 1.61. The molecule has 0 spiro atoms. The normalized spacial score (nSPS) is 20.6. The molecular formula is C16H24N4. The molecule has 0 aliphatic carbocycles. The predicted molar refractivity (Wildman–Crippen MR) is 82.7 cm³/mol. The number of likely N-dealkylation sites (N-methyl/N-ethyl adjacent to an activating group) is 1. The highest BCUT2D eigenvalue weighted by molar-refractivity contribution is 5.75.